The maximum absolute atomic E-state index is 10.2. The number of anilines is 2. The molecule has 0 spiro atoms. The Bertz CT molecular complexity index is 842. The van der Waals surface area contributed by atoms with Gasteiger partial charge < -0.3 is 32.1 Å². The van der Waals surface area contributed by atoms with Gasteiger partial charge in [0.2, 0.25) is 0 Å². The molecule has 10 nitrogen and oxygen atoms in total. The molecule has 2 aromatic heterocycles. The molecule has 0 atom stereocenters. The lowest BCUT2D eigenvalue weighted by atomic mass is 10.2. The zero-order chi connectivity index (χ0) is 19.2. The Hall–Kier alpha value is -3.40. The van der Waals surface area contributed by atoms with Crippen LogP contribution in [0.1, 0.15) is 11.4 Å². The predicted octanol–water partition coefficient (Wildman–Crippen LogP) is 0.106. The van der Waals surface area contributed by atoms with Crippen LogP contribution in [-0.4, -0.2) is 57.1 Å². The first-order chi connectivity index (χ1) is 13.0. The molecule has 7 N–H and O–H groups in total. The lowest BCUT2D eigenvalue weighted by Gasteiger charge is -2.27. The molecule has 27 heavy (non-hydrogen) atoms. The van der Waals surface area contributed by atoms with Crippen LogP contribution in [0.15, 0.2) is 35.8 Å². The molecule has 0 radical (unpaired) electrons. The summed E-state index contributed by atoms with van der Waals surface area (Å²) in [4.78, 5) is 18.7. The number of pyridine rings is 1. The summed E-state index contributed by atoms with van der Waals surface area (Å²) in [5.74, 6) is 0.853. The van der Waals surface area contributed by atoms with Crippen molar-refractivity contribution in [2.45, 2.75) is 6.92 Å². The number of nitrogens with two attached hydrogens (primary N) is 2. The van der Waals surface area contributed by atoms with E-state index in [-0.39, 0.29) is 17.1 Å². The van der Waals surface area contributed by atoms with Crippen molar-refractivity contribution in [1.82, 2.24) is 25.2 Å². The van der Waals surface area contributed by atoms with Crippen molar-refractivity contribution in [3.63, 3.8) is 0 Å². The molecule has 0 bridgehead atoms. The van der Waals surface area contributed by atoms with Gasteiger partial charge in [-0.2, -0.15) is 0 Å². The quantitative estimate of drug-likeness (QED) is 0.373. The molecule has 0 amide bonds. The fourth-order valence-corrected chi connectivity index (χ4v) is 2.52. The van der Waals surface area contributed by atoms with E-state index in [9.17, 15) is 5.11 Å². The number of aromatic hydroxyl groups is 1. The Morgan fingerprint density at radius 2 is 2.00 bits per heavy atom. The topological polar surface area (TPSA) is 151 Å². The number of hydrogen-bond acceptors (Lipinski definition) is 8. The molecule has 0 unspecified atom stereocenters. The highest BCUT2D eigenvalue weighted by molar-refractivity contribution is 5.80. The molecule has 1 fully saturated rings. The summed E-state index contributed by atoms with van der Waals surface area (Å²) in [6.07, 6.45) is 6.19. The van der Waals surface area contributed by atoms with Crippen molar-refractivity contribution in [3.05, 3.63) is 42.2 Å². The molecule has 0 aromatic carbocycles. The maximum Gasteiger partial charge on any atom is 0.196 e. The summed E-state index contributed by atoms with van der Waals surface area (Å²) >= 11 is 0. The van der Waals surface area contributed by atoms with Crippen molar-refractivity contribution >= 4 is 23.2 Å². The summed E-state index contributed by atoms with van der Waals surface area (Å²) < 4.78 is 0. The maximum atomic E-state index is 10.2. The second-order valence-corrected chi connectivity index (χ2v) is 6.07. The van der Waals surface area contributed by atoms with Crippen molar-refractivity contribution < 1.29 is 5.11 Å². The highest BCUT2D eigenvalue weighted by Gasteiger charge is 2.12. The van der Waals surface area contributed by atoms with E-state index in [1.165, 1.54) is 12.3 Å². The minimum atomic E-state index is -0.0789. The third-order valence-electron chi connectivity index (χ3n) is 3.97. The summed E-state index contributed by atoms with van der Waals surface area (Å²) in [5.41, 5.74) is 13.8. The van der Waals surface area contributed by atoms with E-state index in [2.05, 4.69) is 30.6 Å². The number of aryl methyl sites for hydroxylation is 1. The first-order valence-corrected chi connectivity index (χ1v) is 8.52. The highest BCUT2D eigenvalue weighted by Crippen LogP contribution is 2.24. The Morgan fingerprint density at radius 3 is 2.67 bits per heavy atom. The molecule has 0 aliphatic carbocycles. The fraction of sp³-hybridized carbons (Fsp3) is 0.294. The lowest BCUT2D eigenvalue weighted by Crippen LogP contribution is -2.49. The van der Waals surface area contributed by atoms with Gasteiger partial charge in [-0.05, 0) is 6.92 Å². The van der Waals surface area contributed by atoms with Crippen LogP contribution in [0.2, 0.25) is 0 Å². The van der Waals surface area contributed by atoms with Crippen molar-refractivity contribution in [1.29, 1.82) is 0 Å². The van der Waals surface area contributed by atoms with Gasteiger partial charge in [-0.25, -0.2) is 15.0 Å². The van der Waals surface area contributed by atoms with Gasteiger partial charge in [0.15, 0.2) is 5.96 Å². The molecule has 1 aliphatic heterocycles. The first-order valence-electron chi connectivity index (χ1n) is 8.52. The van der Waals surface area contributed by atoms with Crippen LogP contribution in [0, 0.1) is 6.92 Å². The molecule has 3 rings (SSSR count). The van der Waals surface area contributed by atoms with Gasteiger partial charge in [-0.15, -0.1) is 0 Å². The largest absolute Gasteiger partial charge is 0.506 e. The van der Waals surface area contributed by atoms with Crippen molar-refractivity contribution in [2.75, 3.05) is 31.5 Å². The number of rotatable bonds is 4. The zero-order valence-electron chi connectivity index (χ0n) is 15.1. The molecule has 2 aromatic rings. The Balaban J connectivity index is 1.71. The Kier molecular flexibility index (Phi) is 5.67. The van der Waals surface area contributed by atoms with E-state index >= 15 is 0 Å². The van der Waals surface area contributed by atoms with Crippen LogP contribution in [0.3, 0.4) is 0 Å². The summed E-state index contributed by atoms with van der Waals surface area (Å²) in [6.45, 7) is 5.14. The Morgan fingerprint density at radius 1 is 1.22 bits per heavy atom. The number of aliphatic imine (C=N–C) groups is 1. The second-order valence-electron chi connectivity index (χ2n) is 6.07. The summed E-state index contributed by atoms with van der Waals surface area (Å²) in [6, 6.07) is 1.51. The van der Waals surface area contributed by atoms with Crippen LogP contribution in [-0.2, 0) is 0 Å². The number of nitrogens with zero attached hydrogens (tertiary/aromatic N) is 5. The van der Waals surface area contributed by atoms with E-state index in [4.69, 9.17) is 11.5 Å². The van der Waals surface area contributed by atoms with Crippen molar-refractivity contribution in [2.24, 2.45) is 16.5 Å². The van der Waals surface area contributed by atoms with E-state index < -0.39 is 0 Å². The second kappa shape index (κ2) is 8.32. The number of aromatic nitrogens is 3. The van der Waals surface area contributed by atoms with Crippen LogP contribution < -0.4 is 22.1 Å². The van der Waals surface area contributed by atoms with Gasteiger partial charge in [0.05, 0.1) is 41.9 Å². The van der Waals surface area contributed by atoms with Gasteiger partial charge in [-0.1, -0.05) is 0 Å². The number of nitrogens with one attached hydrogen (secondary N) is 2. The normalized spacial score (nSPS) is 15.7. The van der Waals surface area contributed by atoms with Crippen molar-refractivity contribution in [3.8, 4) is 5.75 Å². The number of guanidine groups is 1. The van der Waals surface area contributed by atoms with Crippen LogP contribution in [0.25, 0.3) is 5.70 Å². The molecule has 1 saturated heterocycles. The van der Waals surface area contributed by atoms with Gasteiger partial charge in [0, 0.05) is 32.2 Å². The van der Waals surface area contributed by atoms with Crippen LogP contribution in [0.4, 0.5) is 11.5 Å². The van der Waals surface area contributed by atoms with Crippen LogP contribution in [0.5, 0.6) is 5.75 Å². The van der Waals surface area contributed by atoms with Gasteiger partial charge >= 0.3 is 0 Å². The van der Waals surface area contributed by atoms with E-state index in [0.29, 0.717) is 17.5 Å². The smallest absolute Gasteiger partial charge is 0.196 e. The third kappa shape index (κ3) is 4.82. The molecule has 0 saturated carbocycles. The highest BCUT2D eigenvalue weighted by atomic mass is 16.3. The minimum absolute atomic E-state index is 0.0789. The molecule has 1 aliphatic rings. The minimum Gasteiger partial charge on any atom is -0.506 e. The summed E-state index contributed by atoms with van der Waals surface area (Å²) in [7, 11) is 0. The standard InChI is InChI=1S/C17H23N9O/c1-11-7-22-15(10-21-11)25-12-6-14(27)16(23-8-12)13(18)9-24-17(19)26-4-2-20-3-5-26/h6-10,20,27H,2-5,18H2,1H3,(H2,19,24)(H,22,25)/b13-9-. The van der Waals surface area contributed by atoms with Gasteiger partial charge in [-0.3, -0.25) is 4.98 Å². The van der Waals surface area contributed by atoms with E-state index in [1.54, 1.807) is 18.6 Å². The summed E-state index contributed by atoms with van der Waals surface area (Å²) in [5, 5.41) is 16.5. The monoisotopic (exact) mass is 369 g/mol. The average Bonchev–Trinajstić information content (AvgIpc) is 2.68. The van der Waals surface area contributed by atoms with Gasteiger partial charge in [0.25, 0.3) is 0 Å². The van der Waals surface area contributed by atoms with E-state index in [1.807, 2.05) is 11.8 Å². The van der Waals surface area contributed by atoms with Gasteiger partial charge in [0.1, 0.15) is 17.3 Å². The number of piperazine rings is 1. The first kappa shape index (κ1) is 18.4. The van der Waals surface area contributed by atoms with E-state index in [0.717, 1.165) is 31.9 Å². The fourth-order valence-electron chi connectivity index (χ4n) is 2.52. The van der Waals surface area contributed by atoms with Crippen LogP contribution >= 0.6 is 0 Å². The number of hydrogen-bond donors (Lipinski definition) is 5. The third-order valence-corrected chi connectivity index (χ3v) is 3.97. The SMILES string of the molecule is Cc1cnc(Nc2cnc(/C(N)=C/N=C(N)N3CCNCC3)c(O)c2)cn1. The molecular formula is C17H23N9O. The molecule has 10 heteroatoms. The zero-order valence-corrected chi connectivity index (χ0v) is 15.1. The average molecular weight is 369 g/mol. The Labute approximate surface area is 157 Å². The predicted molar refractivity (Wildman–Crippen MR) is 104 cm³/mol. The molecular weight excluding hydrogens is 346 g/mol. The lowest BCUT2D eigenvalue weighted by molar-refractivity contribution is 0.354. The molecule has 3 heterocycles. The molecule has 142 valence electrons.